The third-order valence-electron chi connectivity index (χ3n) is 4.37. The van der Waals surface area contributed by atoms with Crippen molar-refractivity contribution in [2.75, 3.05) is 40.0 Å². The first kappa shape index (κ1) is 20.3. The summed E-state index contributed by atoms with van der Waals surface area (Å²) in [7, 11) is 1.49. The first-order valence-corrected chi connectivity index (χ1v) is 8.94. The van der Waals surface area contributed by atoms with Crippen LogP contribution in [0.15, 0.2) is 22.7 Å². The monoisotopic (exact) mass is 403 g/mol. The van der Waals surface area contributed by atoms with E-state index in [1.165, 1.54) is 20.1 Å². The molecule has 29 heavy (non-hydrogen) atoms. The van der Waals surface area contributed by atoms with Crippen molar-refractivity contribution >= 4 is 23.7 Å². The highest BCUT2D eigenvalue weighted by Crippen LogP contribution is 2.30. The standard InChI is InChI=1S/C19H21N3O7/c1-13-19(22(24)25)16(29-20-13)6-4-14-3-5-15(17(11-14)26-2)28-12-18(23)21-7-9-27-10-8-21/h3-6,11H,7-10,12H2,1-2H3/b6-4+. The number of aromatic nitrogens is 1. The maximum Gasteiger partial charge on any atom is 0.338 e. The Morgan fingerprint density at radius 1 is 1.31 bits per heavy atom. The van der Waals surface area contributed by atoms with E-state index in [1.54, 1.807) is 29.2 Å². The second kappa shape index (κ2) is 9.20. The molecule has 1 aliphatic rings. The lowest BCUT2D eigenvalue weighted by Crippen LogP contribution is -2.43. The number of methoxy groups -OCH3 is 1. The molecule has 154 valence electrons. The highest BCUT2D eigenvalue weighted by atomic mass is 16.6. The average Bonchev–Trinajstić information content (AvgIpc) is 3.12. The topological polar surface area (TPSA) is 117 Å². The van der Waals surface area contributed by atoms with Crippen LogP contribution >= 0.6 is 0 Å². The van der Waals surface area contributed by atoms with Crippen molar-refractivity contribution in [2.24, 2.45) is 0 Å². The minimum atomic E-state index is -0.533. The van der Waals surface area contributed by atoms with Gasteiger partial charge in [0.2, 0.25) is 5.76 Å². The number of nitro groups is 1. The van der Waals surface area contributed by atoms with Crippen molar-refractivity contribution in [3.8, 4) is 11.5 Å². The van der Waals surface area contributed by atoms with Gasteiger partial charge in [-0.2, -0.15) is 0 Å². The minimum absolute atomic E-state index is 0.0582. The van der Waals surface area contributed by atoms with Crippen LogP contribution in [0.4, 0.5) is 5.69 Å². The molecule has 10 nitrogen and oxygen atoms in total. The number of ether oxygens (including phenoxy) is 3. The summed E-state index contributed by atoms with van der Waals surface area (Å²) in [5.41, 5.74) is 0.743. The van der Waals surface area contributed by atoms with Crippen molar-refractivity contribution in [2.45, 2.75) is 6.92 Å². The van der Waals surface area contributed by atoms with E-state index in [1.807, 2.05) is 0 Å². The number of hydrogen-bond donors (Lipinski definition) is 0. The van der Waals surface area contributed by atoms with Gasteiger partial charge in [-0.25, -0.2) is 0 Å². The fourth-order valence-electron chi connectivity index (χ4n) is 2.84. The van der Waals surface area contributed by atoms with Gasteiger partial charge in [0.05, 0.1) is 25.2 Å². The van der Waals surface area contributed by atoms with Crippen LogP contribution in [0.2, 0.25) is 0 Å². The van der Waals surface area contributed by atoms with Gasteiger partial charge in [0, 0.05) is 13.1 Å². The zero-order valence-electron chi connectivity index (χ0n) is 16.1. The largest absolute Gasteiger partial charge is 0.493 e. The Morgan fingerprint density at radius 2 is 2.07 bits per heavy atom. The third kappa shape index (κ3) is 4.91. The number of hydrogen-bond acceptors (Lipinski definition) is 8. The molecule has 2 aromatic rings. The summed E-state index contributed by atoms with van der Waals surface area (Å²) in [6.45, 7) is 3.56. The van der Waals surface area contributed by atoms with Crippen molar-refractivity contribution in [1.29, 1.82) is 0 Å². The molecule has 1 amide bonds. The Bertz CT molecular complexity index is 917. The minimum Gasteiger partial charge on any atom is -0.493 e. The van der Waals surface area contributed by atoms with Crippen LogP contribution in [-0.4, -0.2) is 60.9 Å². The van der Waals surface area contributed by atoms with E-state index in [4.69, 9.17) is 18.7 Å². The quantitative estimate of drug-likeness (QED) is 0.511. The van der Waals surface area contributed by atoms with Gasteiger partial charge in [-0.3, -0.25) is 14.9 Å². The summed E-state index contributed by atoms with van der Waals surface area (Å²) < 4.78 is 21.2. The van der Waals surface area contributed by atoms with Crippen LogP contribution < -0.4 is 9.47 Å². The number of morpholine rings is 1. The highest BCUT2D eigenvalue weighted by molar-refractivity contribution is 5.78. The number of benzene rings is 1. The zero-order chi connectivity index (χ0) is 20.8. The molecule has 0 atom stereocenters. The average molecular weight is 403 g/mol. The predicted octanol–water partition coefficient (Wildman–Crippen LogP) is 2.31. The van der Waals surface area contributed by atoms with E-state index >= 15 is 0 Å². The Hall–Kier alpha value is -3.40. The number of rotatable bonds is 7. The third-order valence-corrected chi connectivity index (χ3v) is 4.37. The van der Waals surface area contributed by atoms with Crippen molar-refractivity contribution in [3.63, 3.8) is 0 Å². The fourth-order valence-corrected chi connectivity index (χ4v) is 2.84. The first-order valence-electron chi connectivity index (χ1n) is 8.94. The SMILES string of the molecule is COc1cc(/C=C/c2onc(C)c2[N+](=O)[O-])ccc1OCC(=O)N1CCOCC1. The molecule has 1 aromatic heterocycles. The lowest BCUT2D eigenvalue weighted by molar-refractivity contribution is -0.386. The lowest BCUT2D eigenvalue weighted by atomic mass is 10.1. The maximum absolute atomic E-state index is 12.2. The molecule has 10 heteroatoms. The second-order valence-electron chi connectivity index (χ2n) is 6.26. The van der Waals surface area contributed by atoms with Gasteiger partial charge >= 0.3 is 5.69 Å². The first-order chi connectivity index (χ1) is 14.0. The van der Waals surface area contributed by atoms with Crippen LogP contribution in [0.25, 0.3) is 12.2 Å². The van der Waals surface area contributed by atoms with Gasteiger partial charge in [0.1, 0.15) is 0 Å². The molecular weight excluding hydrogens is 382 g/mol. The molecule has 1 aromatic carbocycles. The molecule has 1 saturated heterocycles. The lowest BCUT2D eigenvalue weighted by Gasteiger charge is -2.26. The molecule has 1 fully saturated rings. The Kier molecular flexibility index (Phi) is 6.45. The molecule has 3 rings (SSSR count). The van der Waals surface area contributed by atoms with Gasteiger partial charge in [-0.15, -0.1) is 0 Å². The number of amides is 1. The molecule has 0 spiro atoms. The molecule has 0 saturated carbocycles. The van der Waals surface area contributed by atoms with Gasteiger partial charge < -0.3 is 23.6 Å². The Morgan fingerprint density at radius 3 is 2.76 bits per heavy atom. The zero-order valence-corrected chi connectivity index (χ0v) is 16.1. The van der Waals surface area contributed by atoms with E-state index in [9.17, 15) is 14.9 Å². The van der Waals surface area contributed by atoms with Gasteiger partial charge in [-0.05, 0) is 30.7 Å². The van der Waals surface area contributed by atoms with Crippen molar-refractivity contribution in [3.05, 3.63) is 45.3 Å². The molecule has 0 unspecified atom stereocenters. The number of carbonyl (C=O) groups excluding carboxylic acids is 1. The van der Waals surface area contributed by atoms with Gasteiger partial charge in [-0.1, -0.05) is 17.3 Å². The molecule has 2 heterocycles. The molecule has 0 radical (unpaired) electrons. The van der Waals surface area contributed by atoms with Crippen molar-refractivity contribution < 1.29 is 28.5 Å². The van der Waals surface area contributed by atoms with E-state index in [2.05, 4.69) is 5.16 Å². The predicted molar refractivity (Wildman–Crippen MR) is 103 cm³/mol. The van der Waals surface area contributed by atoms with E-state index < -0.39 is 4.92 Å². The van der Waals surface area contributed by atoms with Crippen molar-refractivity contribution in [1.82, 2.24) is 10.1 Å². The van der Waals surface area contributed by atoms with Gasteiger partial charge in [0.15, 0.2) is 23.8 Å². The van der Waals surface area contributed by atoms with E-state index in [-0.39, 0.29) is 29.7 Å². The smallest absolute Gasteiger partial charge is 0.338 e. The number of aryl methyl sites for hydroxylation is 1. The molecule has 0 bridgehead atoms. The van der Waals surface area contributed by atoms with Crippen LogP contribution in [-0.2, 0) is 9.53 Å². The summed E-state index contributed by atoms with van der Waals surface area (Å²) in [4.78, 5) is 24.5. The number of carbonyl (C=O) groups is 1. The molecule has 0 N–H and O–H groups in total. The van der Waals surface area contributed by atoms with Crippen LogP contribution in [0.5, 0.6) is 11.5 Å². The summed E-state index contributed by atoms with van der Waals surface area (Å²) in [5, 5.41) is 14.7. The summed E-state index contributed by atoms with van der Waals surface area (Å²) in [6, 6.07) is 5.11. The second-order valence-corrected chi connectivity index (χ2v) is 6.26. The van der Waals surface area contributed by atoms with Crippen LogP contribution in [0.1, 0.15) is 17.0 Å². The molecular formula is C19H21N3O7. The molecule has 0 aliphatic carbocycles. The van der Waals surface area contributed by atoms with E-state index in [0.717, 1.165) is 0 Å². The normalized spacial score (nSPS) is 14.2. The highest BCUT2D eigenvalue weighted by Gasteiger charge is 2.22. The van der Waals surface area contributed by atoms with Crippen LogP contribution in [0.3, 0.4) is 0 Å². The Labute approximate surface area is 166 Å². The van der Waals surface area contributed by atoms with Crippen LogP contribution in [0, 0.1) is 17.0 Å². The van der Waals surface area contributed by atoms with E-state index in [0.29, 0.717) is 43.4 Å². The summed E-state index contributed by atoms with van der Waals surface area (Å²) >= 11 is 0. The van der Waals surface area contributed by atoms with Gasteiger partial charge in [0.25, 0.3) is 5.91 Å². The maximum atomic E-state index is 12.2. The molecule has 1 aliphatic heterocycles. The summed E-state index contributed by atoms with van der Waals surface area (Å²) in [5.74, 6) is 0.799. The number of nitrogens with zero attached hydrogens (tertiary/aromatic N) is 3. The fraction of sp³-hybridized carbons (Fsp3) is 0.368. The Balaban J connectivity index is 1.68. The summed E-state index contributed by atoms with van der Waals surface area (Å²) in [6.07, 6.45) is 3.10.